The highest BCUT2D eigenvalue weighted by atomic mass is 32.1. The average molecular weight is 282 g/mol. The summed E-state index contributed by atoms with van der Waals surface area (Å²) < 4.78 is 0. The molecule has 20 heavy (non-hydrogen) atoms. The Bertz CT molecular complexity index is 711. The van der Waals surface area contributed by atoms with E-state index >= 15 is 0 Å². The van der Waals surface area contributed by atoms with E-state index in [2.05, 4.69) is 6.07 Å². The number of amides is 1. The van der Waals surface area contributed by atoms with Crippen LogP contribution in [0.3, 0.4) is 0 Å². The van der Waals surface area contributed by atoms with Crippen LogP contribution < -0.4 is 4.90 Å². The van der Waals surface area contributed by atoms with Gasteiger partial charge in [0.1, 0.15) is 0 Å². The fraction of sp³-hybridized carbons (Fsp3) is 0.250. The molecule has 2 aromatic rings. The van der Waals surface area contributed by atoms with Crippen molar-refractivity contribution in [2.45, 2.75) is 25.8 Å². The summed E-state index contributed by atoms with van der Waals surface area (Å²) in [5, 5.41) is 11.1. The minimum Gasteiger partial charge on any atom is -0.306 e. The van der Waals surface area contributed by atoms with E-state index in [9.17, 15) is 4.79 Å². The molecule has 100 valence electrons. The molecule has 0 N–H and O–H groups in total. The summed E-state index contributed by atoms with van der Waals surface area (Å²) in [7, 11) is 0. The molecule has 2 heterocycles. The number of rotatable bonds is 2. The number of carbonyl (C=O) groups is 1. The fourth-order valence-corrected chi connectivity index (χ4v) is 3.32. The number of nitriles is 1. The minimum atomic E-state index is -0.527. The second kappa shape index (κ2) is 4.46. The van der Waals surface area contributed by atoms with Gasteiger partial charge in [-0.1, -0.05) is 12.1 Å². The van der Waals surface area contributed by atoms with Crippen molar-refractivity contribution in [1.82, 2.24) is 0 Å². The maximum atomic E-state index is 12.7. The first-order valence-corrected chi connectivity index (χ1v) is 7.31. The summed E-state index contributed by atoms with van der Waals surface area (Å²) >= 11 is 1.64. The van der Waals surface area contributed by atoms with Crippen molar-refractivity contribution >= 4 is 22.9 Å². The molecule has 1 aliphatic heterocycles. The van der Waals surface area contributed by atoms with Gasteiger partial charge in [-0.05, 0) is 43.0 Å². The molecule has 3 rings (SSSR count). The molecular weight excluding hydrogens is 268 g/mol. The molecular formula is C16H14N2OS. The molecule has 0 spiro atoms. The number of anilines is 1. The molecule has 1 amide bonds. The van der Waals surface area contributed by atoms with Crippen LogP contribution in [0, 0.1) is 11.3 Å². The first-order chi connectivity index (χ1) is 9.54. The van der Waals surface area contributed by atoms with Gasteiger partial charge in [0, 0.05) is 10.6 Å². The van der Waals surface area contributed by atoms with Crippen LogP contribution in [-0.4, -0.2) is 5.91 Å². The average Bonchev–Trinajstić information content (AvgIpc) is 3.01. The van der Waals surface area contributed by atoms with E-state index in [0.29, 0.717) is 12.1 Å². The fourth-order valence-electron chi connectivity index (χ4n) is 2.63. The zero-order valence-electron chi connectivity index (χ0n) is 11.4. The van der Waals surface area contributed by atoms with E-state index < -0.39 is 5.41 Å². The Kier molecular flexibility index (Phi) is 2.88. The van der Waals surface area contributed by atoms with E-state index in [0.717, 1.165) is 16.1 Å². The minimum absolute atomic E-state index is 0.0935. The molecule has 0 aliphatic carbocycles. The smallest absolute Gasteiger partial charge is 0.237 e. The predicted molar refractivity (Wildman–Crippen MR) is 79.7 cm³/mol. The molecule has 0 bridgehead atoms. The lowest BCUT2D eigenvalue weighted by Gasteiger charge is -2.19. The zero-order valence-corrected chi connectivity index (χ0v) is 12.2. The zero-order chi connectivity index (χ0) is 14.3. The highest BCUT2D eigenvalue weighted by molar-refractivity contribution is 7.09. The number of benzene rings is 1. The summed E-state index contributed by atoms with van der Waals surface area (Å²) in [6.07, 6.45) is 0. The number of nitrogens with zero attached hydrogens (tertiary/aromatic N) is 2. The standard InChI is InChI=1S/C16H14N2OS/c1-16(2)13-6-5-11(9-17)8-14(13)18(15(16)19)10-12-4-3-7-20-12/h3-8H,10H2,1-2H3. The van der Waals surface area contributed by atoms with E-state index in [-0.39, 0.29) is 5.91 Å². The van der Waals surface area contributed by atoms with E-state index in [1.165, 1.54) is 0 Å². The van der Waals surface area contributed by atoms with E-state index in [1.807, 2.05) is 43.5 Å². The van der Waals surface area contributed by atoms with Crippen LogP contribution in [0.2, 0.25) is 0 Å². The molecule has 0 fully saturated rings. The Balaban J connectivity index is 2.09. The third-order valence-electron chi connectivity index (χ3n) is 3.76. The second-order valence-corrected chi connectivity index (χ2v) is 6.47. The highest BCUT2D eigenvalue weighted by Crippen LogP contribution is 2.42. The van der Waals surface area contributed by atoms with Crippen molar-refractivity contribution in [3.8, 4) is 6.07 Å². The molecule has 3 nitrogen and oxygen atoms in total. The van der Waals surface area contributed by atoms with Gasteiger partial charge in [0.15, 0.2) is 0 Å². The first-order valence-electron chi connectivity index (χ1n) is 6.43. The normalized spacial score (nSPS) is 16.1. The van der Waals surface area contributed by atoms with Crippen LogP contribution in [-0.2, 0) is 16.8 Å². The van der Waals surface area contributed by atoms with E-state index in [1.54, 1.807) is 22.3 Å². The molecule has 4 heteroatoms. The summed E-state index contributed by atoms with van der Waals surface area (Å²) in [4.78, 5) is 15.6. The number of hydrogen-bond donors (Lipinski definition) is 0. The topological polar surface area (TPSA) is 44.1 Å². The van der Waals surface area contributed by atoms with Crippen molar-refractivity contribution in [3.63, 3.8) is 0 Å². The van der Waals surface area contributed by atoms with Crippen molar-refractivity contribution < 1.29 is 4.79 Å². The number of thiophene rings is 1. The van der Waals surface area contributed by atoms with Crippen molar-refractivity contribution in [3.05, 3.63) is 51.7 Å². The Morgan fingerprint density at radius 2 is 2.15 bits per heavy atom. The van der Waals surface area contributed by atoms with Gasteiger partial charge in [-0.15, -0.1) is 11.3 Å². The van der Waals surface area contributed by atoms with Crippen molar-refractivity contribution in [2.24, 2.45) is 0 Å². The third-order valence-corrected chi connectivity index (χ3v) is 4.63. The lowest BCUT2D eigenvalue weighted by Crippen LogP contribution is -2.35. The van der Waals surface area contributed by atoms with Gasteiger partial charge in [0.25, 0.3) is 0 Å². The lowest BCUT2D eigenvalue weighted by molar-refractivity contribution is -0.122. The van der Waals surface area contributed by atoms with Gasteiger partial charge < -0.3 is 4.90 Å². The molecule has 1 aliphatic rings. The molecule has 0 unspecified atom stereocenters. The number of hydrogen-bond acceptors (Lipinski definition) is 3. The van der Waals surface area contributed by atoms with Gasteiger partial charge in [0.05, 0.1) is 23.6 Å². The molecule has 0 saturated heterocycles. The van der Waals surface area contributed by atoms with Crippen LogP contribution in [0.1, 0.15) is 29.9 Å². The van der Waals surface area contributed by atoms with Crippen LogP contribution >= 0.6 is 11.3 Å². The largest absolute Gasteiger partial charge is 0.306 e. The Morgan fingerprint density at radius 3 is 2.80 bits per heavy atom. The van der Waals surface area contributed by atoms with E-state index in [4.69, 9.17) is 5.26 Å². The van der Waals surface area contributed by atoms with Crippen LogP contribution in [0.25, 0.3) is 0 Å². The lowest BCUT2D eigenvalue weighted by atomic mass is 9.86. The maximum absolute atomic E-state index is 12.7. The molecule has 1 aromatic heterocycles. The predicted octanol–water partition coefficient (Wildman–Crippen LogP) is 3.44. The summed E-state index contributed by atoms with van der Waals surface area (Å²) in [5.74, 6) is 0.0935. The Hall–Kier alpha value is -2.12. The number of fused-ring (bicyclic) bond motifs is 1. The van der Waals surface area contributed by atoms with Crippen LogP contribution in [0.15, 0.2) is 35.7 Å². The van der Waals surface area contributed by atoms with Gasteiger partial charge in [-0.2, -0.15) is 5.26 Å². The van der Waals surface area contributed by atoms with Gasteiger partial charge in [-0.25, -0.2) is 0 Å². The summed E-state index contributed by atoms with van der Waals surface area (Å²) in [6.45, 7) is 4.45. The molecule has 0 saturated carbocycles. The molecule has 0 radical (unpaired) electrons. The summed E-state index contributed by atoms with van der Waals surface area (Å²) in [5.41, 5.74) is 1.93. The van der Waals surface area contributed by atoms with Gasteiger partial charge >= 0.3 is 0 Å². The highest BCUT2D eigenvalue weighted by Gasteiger charge is 2.43. The van der Waals surface area contributed by atoms with Gasteiger partial charge in [0.2, 0.25) is 5.91 Å². The SMILES string of the molecule is CC1(C)C(=O)N(Cc2cccs2)c2cc(C#N)ccc21. The van der Waals surface area contributed by atoms with Crippen LogP contribution in [0.5, 0.6) is 0 Å². The first kappa shape index (κ1) is 12.9. The Labute approximate surface area is 122 Å². The third kappa shape index (κ3) is 1.83. The number of carbonyl (C=O) groups excluding carboxylic acids is 1. The van der Waals surface area contributed by atoms with Gasteiger partial charge in [-0.3, -0.25) is 4.79 Å². The van der Waals surface area contributed by atoms with Crippen LogP contribution in [0.4, 0.5) is 5.69 Å². The quantitative estimate of drug-likeness (QED) is 0.847. The monoisotopic (exact) mass is 282 g/mol. The van der Waals surface area contributed by atoms with Crippen molar-refractivity contribution in [2.75, 3.05) is 4.90 Å². The summed E-state index contributed by atoms with van der Waals surface area (Å²) in [6, 6.07) is 11.7. The van der Waals surface area contributed by atoms with Crippen molar-refractivity contribution in [1.29, 1.82) is 5.26 Å². The molecule has 1 aromatic carbocycles. The Morgan fingerprint density at radius 1 is 1.35 bits per heavy atom. The second-order valence-electron chi connectivity index (χ2n) is 5.44. The maximum Gasteiger partial charge on any atom is 0.237 e. The molecule has 0 atom stereocenters.